The average Bonchev–Trinajstić information content (AvgIpc) is 2.85. The molecule has 0 saturated heterocycles. The van der Waals surface area contributed by atoms with Crippen molar-refractivity contribution in [2.75, 3.05) is 0 Å². The highest BCUT2D eigenvalue weighted by Crippen LogP contribution is 2.40. The Morgan fingerprint density at radius 1 is 1.23 bits per heavy atom. The number of benzene rings is 1. The number of hydrogen-bond donors (Lipinski definition) is 0. The Balaban J connectivity index is 2.42. The molecule has 2 rings (SSSR count). The molecule has 0 bridgehead atoms. The molecule has 1 aliphatic carbocycles. The van der Waals surface area contributed by atoms with Gasteiger partial charge in [0.1, 0.15) is 11.6 Å². The van der Waals surface area contributed by atoms with Crippen molar-refractivity contribution in [2.45, 2.75) is 32.1 Å². The largest absolute Gasteiger partial charge is 0.207 e. The third-order valence-electron chi connectivity index (χ3n) is 2.57. The van der Waals surface area contributed by atoms with E-state index in [9.17, 15) is 8.78 Å². The lowest BCUT2D eigenvalue weighted by molar-refractivity contribution is 0.555. The van der Waals surface area contributed by atoms with Crippen LogP contribution in [0.5, 0.6) is 0 Å². The minimum absolute atomic E-state index is 0.212. The third kappa shape index (κ3) is 1.58. The predicted octanol–water partition coefficient (Wildman–Crippen LogP) is 3.40. The normalized spacial score (nSPS) is 16.2. The van der Waals surface area contributed by atoms with E-state index >= 15 is 0 Å². The van der Waals surface area contributed by atoms with E-state index < -0.39 is 0 Å². The Bertz CT molecular complexity index is 304. The molecule has 1 aromatic carbocycles. The summed E-state index contributed by atoms with van der Waals surface area (Å²) in [6.07, 6.45) is 2.57. The van der Waals surface area contributed by atoms with Crippen LogP contribution in [0.3, 0.4) is 0 Å². The van der Waals surface area contributed by atoms with Gasteiger partial charge in [0.25, 0.3) is 0 Å². The van der Waals surface area contributed by atoms with E-state index in [0.29, 0.717) is 12.3 Å². The molecule has 0 N–H and O–H groups in total. The summed E-state index contributed by atoms with van der Waals surface area (Å²) in [6.45, 7) is 1.76. The Morgan fingerprint density at radius 2 is 1.77 bits per heavy atom. The second-order valence-corrected chi connectivity index (χ2v) is 3.59. The van der Waals surface area contributed by atoms with Crippen LogP contribution in [-0.2, 0) is 6.42 Å². The van der Waals surface area contributed by atoms with Crippen LogP contribution in [0.25, 0.3) is 0 Å². The van der Waals surface area contributed by atoms with Gasteiger partial charge < -0.3 is 0 Å². The molecule has 1 aromatic rings. The van der Waals surface area contributed by atoms with Crippen LogP contribution in [0, 0.1) is 11.6 Å². The number of halogens is 2. The minimum Gasteiger partial charge on any atom is -0.207 e. The van der Waals surface area contributed by atoms with Crippen LogP contribution in [0.1, 0.15) is 36.8 Å². The maximum Gasteiger partial charge on any atom is 0.129 e. The van der Waals surface area contributed by atoms with E-state index in [4.69, 9.17) is 0 Å². The van der Waals surface area contributed by atoms with Gasteiger partial charge in [-0.3, -0.25) is 0 Å². The highest BCUT2D eigenvalue weighted by atomic mass is 19.1. The third-order valence-corrected chi connectivity index (χ3v) is 2.57. The van der Waals surface area contributed by atoms with Crippen molar-refractivity contribution < 1.29 is 8.78 Å². The zero-order valence-corrected chi connectivity index (χ0v) is 7.61. The Labute approximate surface area is 76.6 Å². The highest BCUT2D eigenvalue weighted by molar-refractivity contribution is 5.30. The molecule has 0 heterocycles. The van der Waals surface area contributed by atoms with Crippen molar-refractivity contribution in [3.8, 4) is 0 Å². The summed E-state index contributed by atoms with van der Waals surface area (Å²) in [5.74, 6) is -0.358. The quantitative estimate of drug-likeness (QED) is 0.657. The lowest BCUT2D eigenvalue weighted by Gasteiger charge is -2.04. The van der Waals surface area contributed by atoms with Gasteiger partial charge in [0, 0.05) is 5.56 Å². The molecule has 1 saturated carbocycles. The summed E-state index contributed by atoms with van der Waals surface area (Å²) in [6, 6.07) is 2.97. The van der Waals surface area contributed by atoms with E-state index in [0.717, 1.165) is 18.4 Å². The van der Waals surface area contributed by atoms with Gasteiger partial charge in [0.2, 0.25) is 0 Å². The first-order valence-electron chi connectivity index (χ1n) is 4.70. The lowest BCUT2D eigenvalue weighted by Crippen LogP contribution is -1.95. The van der Waals surface area contributed by atoms with Crippen LogP contribution in [0.15, 0.2) is 12.1 Å². The Hall–Kier alpha value is -0.920. The number of hydrogen-bond acceptors (Lipinski definition) is 0. The number of rotatable bonds is 2. The van der Waals surface area contributed by atoms with Crippen molar-refractivity contribution in [1.29, 1.82) is 0 Å². The molecule has 0 aliphatic heterocycles. The van der Waals surface area contributed by atoms with Crippen molar-refractivity contribution in [2.24, 2.45) is 0 Å². The summed E-state index contributed by atoms with van der Waals surface area (Å²) in [5, 5.41) is 0. The van der Waals surface area contributed by atoms with Crippen LogP contribution in [0.4, 0.5) is 8.78 Å². The molecule has 2 heteroatoms. The van der Waals surface area contributed by atoms with Gasteiger partial charge in [0.15, 0.2) is 0 Å². The van der Waals surface area contributed by atoms with Gasteiger partial charge in [-0.1, -0.05) is 6.92 Å². The molecule has 1 aliphatic rings. The average molecular weight is 182 g/mol. The molecular formula is C11H12F2. The fourth-order valence-electron chi connectivity index (χ4n) is 1.61. The van der Waals surface area contributed by atoms with Crippen LogP contribution < -0.4 is 0 Å². The lowest BCUT2D eigenvalue weighted by atomic mass is 10.1. The zero-order chi connectivity index (χ0) is 9.42. The molecule has 1 fully saturated rings. The van der Waals surface area contributed by atoms with Crippen LogP contribution in [0.2, 0.25) is 0 Å². The first kappa shape index (κ1) is 8.67. The van der Waals surface area contributed by atoms with Crippen molar-refractivity contribution >= 4 is 0 Å². The fraction of sp³-hybridized carbons (Fsp3) is 0.455. The molecular weight excluding hydrogens is 170 g/mol. The summed E-state index contributed by atoms with van der Waals surface area (Å²) < 4.78 is 26.5. The molecule has 0 nitrogen and oxygen atoms in total. The maximum absolute atomic E-state index is 13.3. The van der Waals surface area contributed by atoms with E-state index in [1.807, 2.05) is 0 Å². The first-order valence-corrected chi connectivity index (χ1v) is 4.70. The molecule has 0 spiro atoms. The summed E-state index contributed by atoms with van der Waals surface area (Å²) in [5.41, 5.74) is 1.04. The van der Waals surface area contributed by atoms with Crippen molar-refractivity contribution in [3.63, 3.8) is 0 Å². The topological polar surface area (TPSA) is 0 Å². The first-order chi connectivity index (χ1) is 6.22. The van der Waals surface area contributed by atoms with Crippen molar-refractivity contribution in [3.05, 3.63) is 34.9 Å². The molecule has 0 aromatic heterocycles. The van der Waals surface area contributed by atoms with E-state index in [2.05, 4.69) is 0 Å². The summed E-state index contributed by atoms with van der Waals surface area (Å²) in [4.78, 5) is 0. The van der Waals surface area contributed by atoms with Gasteiger partial charge in [0.05, 0.1) is 0 Å². The van der Waals surface area contributed by atoms with Gasteiger partial charge in [-0.25, -0.2) is 8.78 Å². The summed E-state index contributed by atoms with van der Waals surface area (Å²) in [7, 11) is 0. The van der Waals surface area contributed by atoms with Crippen molar-refractivity contribution in [1.82, 2.24) is 0 Å². The van der Waals surface area contributed by atoms with Crippen LogP contribution >= 0.6 is 0 Å². The highest BCUT2D eigenvalue weighted by Gasteiger charge is 2.25. The zero-order valence-electron chi connectivity index (χ0n) is 7.61. The SMILES string of the molecule is CCc1c(F)cc(C2CC2)cc1F. The van der Waals surface area contributed by atoms with E-state index in [1.165, 1.54) is 12.1 Å². The Morgan fingerprint density at radius 3 is 2.15 bits per heavy atom. The molecule has 70 valence electrons. The van der Waals surface area contributed by atoms with Gasteiger partial charge in [-0.05, 0) is 42.9 Å². The molecule has 0 unspecified atom stereocenters. The fourth-order valence-corrected chi connectivity index (χ4v) is 1.61. The predicted molar refractivity (Wildman–Crippen MR) is 47.7 cm³/mol. The molecule has 0 atom stereocenters. The minimum atomic E-state index is -0.385. The smallest absolute Gasteiger partial charge is 0.129 e. The molecule has 0 radical (unpaired) electrons. The standard InChI is InChI=1S/C11H12F2/c1-2-9-10(12)5-8(6-11(9)13)7-3-4-7/h5-7H,2-4H2,1H3. The molecule has 13 heavy (non-hydrogen) atoms. The Kier molecular flexibility index (Phi) is 2.06. The van der Waals surface area contributed by atoms with Gasteiger partial charge >= 0.3 is 0 Å². The summed E-state index contributed by atoms with van der Waals surface area (Å²) >= 11 is 0. The van der Waals surface area contributed by atoms with Crippen LogP contribution in [-0.4, -0.2) is 0 Å². The molecule has 0 amide bonds. The van der Waals surface area contributed by atoms with Gasteiger partial charge in [-0.2, -0.15) is 0 Å². The maximum atomic E-state index is 13.3. The second kappa shape index (κ2) is 3.09. The second-order valence-electron chi connectivity index (χ2n) is 3.59. The monoisotopic (exact) mass is 182 g/mol. The van der Waals surface area contributed by atoms with E-state index in [1.54, 1.807) is 6.92 Å². The van der Waals surface area contributed by atoms with Gasteiger partial charge in [-0.15, -0.1) is 0 Å². The van der Waals surface area contributed by atoms with E-state index in [-0.39, 0.29) is 17.2 Å².